The van der Waals surface area contributed by atoms with Gasteiger partial charge in [-0.15, -0.1) is 0 Å². The van der Waals surface area contributed by atoms with Crippen LogP contribution >= 0.6 is 0 Å². The summed E-state index contributed by atoms with van der Waals surface area (Å²) in [5.41, 5.74) is 2.26. The number of alkyl halides is 2. The normalized spacial score (nSPS) is 22.3. The minimum atomic E-state index is -2.77. The Morgan fingerprint density at radius 2 is 1.97 bits per heavy atom. The molecule has 1 saturated heterocycles. The van der Waals surface area contributed by atoms with Gasteiger partial charge in [0.15, 0.2) is 0 Å². The molecule has 0 spiro atoms. The second-order valence-electron chi connectivity index (χ2n) is 10.2. The van der Waals surface area contributed by atoms with Crippen LogP contribution in [0, 0.1) is 12.7 Å². The number of aromatic amines is 1. The van der Waals surface area contributed by atoms with E-state index in [4.69, 9.17) is 0 Å². The Labute approximate surface area is 217 Å². The van der Waals surface area contributed by atoms with Crippen LogP contribution in [0.2, 0.25) is 0 Å². The van der Waals surface area contributed by atoms with Gasteiger partial charge in [0, 0.05) is 60.0 Å². The topological polar surface area (TPSA) is 110 Å². The SMILES string of the molecule is Cc1c[nH]c2cc(N(C(=O)[C@H]3C[C@@H](O)CN3)C(C(=O)NC3CCC(F)(F)CC3)c3cncc(F)c3)ccc12. The van der Waals surface area contributed by atoms with E-state index in [1.54, 1.807) is 12.1 Å². The van der Waals surface area contributed by atoms with Gasteiger partial charge >= 0.3 is 0 Å². The highest BCUT2D eigenvalue weighted by Gasteiger charge is 2.41. The third kappa shape index (κ3) is 5.39. The van der Waals surface area contributed by atoms with Crippen LogP contribution < -0.4 is 15.5 Å². The summed E-state index contributed by atoms with van der Waals surface area (Å²) in [6.45, 7) is 2.15. The van der Waals surface area contributed by atoms with Crippen molar-refractivity contribution in [1.82, 2.24) is 20.6 Å². The predicted molar refractivity (Wildman–Crippen MR) is 135 cm³/mol. The Kier molecular flexibility index (Phi) is 7.15. The number of nitrogens with zero attached hydrogens (tertiary/aromatic N) is 2. The number of nitrogens with one attached hydrogen (secondary N) is 3. The third-order valence-electron chi connectivity index (χ3n) is 7.41. The van der Waals surface area contributed by atoms with Crippen molar-refractivity contribution in [3.8, 4) is 0 Å². The number of halogens is 3. The van der Waals surface area contributed by atoms with Gasteiger partial charge in [-0.3, -0.25) is 19.5 Å². The van der Waals surface area contributed by atoms with Crippen LogP contribution in [-0.4, -0.2) is 57.5 Å². The number of hydrogen-bond acceptors (Lipinski definition) is 5. The van der Waals surface area contributed by atoms with Crippen LogP contribution in [0.1, 0.15) is 49.3 Å². The lowest BCUT2D eigenvalue weighted by Gasteiger charge is -2.35. The number of β-amino-alcohol motifs (C(OH)–C–C–N with tert-alkyl or cyclic N) is 1. The van der Waals surface area contributed by atoms with Gasteiger partial charge < -0.3 is 20.7 Å². The molecule has 1 aliphatic carbocycles. The second-order valence-corrected chi connectivity index (χ2v) is 10.2. The molecule has 2 fully saturated rings. The fraction of sp³-hybridized carbons (Fsp3) is 0.444. The van der Waals surface area contributed by atoms with Crippen LogP contribution in [0.25, 0.3) is 10.9 Å². The first-order valence-electron chi connectivity index (χ1n) is 12.7. The number of benzene rings is 1. The maximum atomic E-state index is 14.3. The average molecular weight is 530 g/mol. The lowest BCUT2D eigenvalue weighted by molar-refractivity contribution is -0.128. The Morgan fingerprint density at radius 1 is 1.21 bits per heavy atom. The van der Waals surface area contributed by atoms with E-state index < -0.39 is 47.8 Å². The van der Waals surface area contributed by atoms with Crippen molar-refractivity contribution < 1.29 is 27.9 Å². The molecule has 3 atom stereocenters. The molecule has 11 heteroatoms. The molecule has 4 N–H and O–H groups in total. The molecule has 2 aromatic heterocycles. The van der Waals surface area contributed by atoms with Crippen LogP contribution in [0.15, 0.2) is 42.9 Å². The number of carbonyl (C=O) groups excluding carboxylic acids is 2. The van der Waals surface area contributed by atoms with Crippen molar-refractivity contribution >= 4 is 28.4 Å². The smallest absolute Gasteiger partial charge is 0.248 e. The lowest BCUT2D eigenvalue weighted by atomic mass is 9.91. The standard InChI is InChI=1S/C27H30F3N5O3/c1-15-11-32-22-9-19(2-3-21(15)22)35(26(38)23-10-20(36)14-33-23)24(16-8-17(28)13-31-12-16)25(37)34-18-4-6-27(29,30)7-5-18/h2-3,8-9,11-13,18,20,23-24,32-33,36H,4-7,10,14H2,1H3,(H,34,37)/t20-,23-,24?/m1/s1. The first kappa shape index (κ1) is 26.2. The molecule has 0 radical (unpaired) electrons. The molecule has 0 bridgehead atoms. The number of hydrogen-bond donors (Lipinski definition) is 4. The summed E-state index contributed by atoms with van der Waals surface area (Å²) in [5.74, 6) is -4.56. The number of fused-ring (bicyclic) bond motifs is 1. The Morgan fingerprint density at radius 3 is 2.66 bits per heavy atom. The molecule has 3 heterocycles. The van der Waals surface area contributed by atoms with Crippen LogP contribution in [-0.2, 0) is 9.59 Å². The number of pyridine rings is 1. The van der Waals surface area contributed by atoms with E-state index in [0.717, 1.165) is 28.7 Å². The number of rotatable bonds is 6. The fourth-order valence-electron chi connectivity index (χ4n) is 5.35. The monoisotopic (exact) mass is 529 g/mol. The largest absolute Gasteiger partial charge is 0.392 e. The highest BCUT2D eigenvalue weighted by Crippen LogP contribution is 2.35. The highest BCUT2D eigenvalue weighted by molar-refractivity contribution is 6.05. The number of aliphatic hydroxyl groups excluding tert-OH is 1. The molecule has 3 aromatic rings. The van der Waals surface area contributed by atoms with E-state index in [2.05, 4.69) is 20.6 Å². The molecule has 2 amide bonds. The molecule has 2 aliphatic rings. The zero-order chi connectivity index (χ0) is 27.0. The minimum absolute atomic E-state index is 0.0882. The van der Waals surface area contributed by atoms with Crippen molar-refractivity contribution in [2.45, 2.75) is 69.2 Å². The number of aryl methyl sites for hydroxylation is 1. The average Bonchev–Trinajstić information content (AvgIpc) is 3.48. The summed E-state index contributed by atoms with van der Waals surface area (Å²) < 4.78 is 41.8. The second kappa shape index (κ2) is 10.4. The Bertz CT molecular complexity index is 1340. The van der Waals surface area contributed by atoms with Gasteiger partial charge in [-0.2, -0.15) is 0 Å². The van der Waals surface area contributed by atoms with Gasteiger partial charge in [0.25, 0.3) is 0 Å². The van der Waals surface area contributed by atoms with Gasteiger partial charge in [0.05, 0.1) is 18.3 Å². The molecule has 8 nitrogen and oxygen atoms in total. The van der Waals surface area contributed by atoms with Gasteiger partial charge in [-0.25, -0.2) is 13.2 Å². The number of H-pyrrole nitrogens is 1. The number of amides is 2. The van der Waals surface area contributed by atoms with Crippen LogP contribution in [0.4, 0.5) is 18.9 Å². The van der Waals surface area contributed by atoms with Crippen molar-refractivity contribution in [2.75, 3.05) is 11.4 Å². The van der Waals surface area contributed by atoms with Gasteiger partial charge in [-0.05, 0) is 49.9 Å². The van der Waals surface area contributed by atoms with Crippen LogP contribution in [0.5, 0.6) is 0 Å². The molecule has 1 aromatic carbocycles. The summed E-state index contributed by atoms with van der Waals surface area (Å²) >= 11 is 0. The fourth-order valence-corrected chi connectivity index (χ4v) is 5.35. The molecular weight excluding hydrogens is 499 g/mol. The van der Waals surface area contributed by atoms with Gasteiger partial charge in [-0.1, -0.05) is 6.07 Å². The molecule has 202 valence electrons. The highest BCUT2D eigenvalue weighted by atomic mass is 19.3. The minimum Gasteiger partial charge on any atom is -0.392 e. The molecule has 38 heavy (non-hydrogen) atoms. The molecule has 5 rings (SSSR count). The Hall–Kier alpha value is -3.44. The molecule has 1 saturated carbocycles. The van der Waals surface area contributed by atoms with E-state index in [1.165, 1.54) is 11.1 Å². The zero-order valence-corrected chi connectivity index (χ0v) is 20.9. The summed E-state index contributed by atoms with van der Waals surface area (Å²) in [4.78, 5) is 36.1. The number of anilines is 1. The van der Waals surface area contributed by atoms with Crippen molar-refractivity contribution in [2.24, 2.45) is 0 Å². The molecular formula is C27H30F3N5O3. The number of aliphatic hydroxyl groups is 1. The maximum absolute atomic E-state index is 14.3. The molecule has 1 unspecified atom stereocenters. The quantitative estimate of drug-likeness (QED) is 0.391. The summed E-state index contributed by atoms with van der Waals surface area (Å²) in [6.07, 6.45) is 3.04. The summed E-state index contributed by atoms with van der Waals surface area (Å²) in [5, 5.41) is 16.8. The van der Waals surface area contributed by atoms with Crippen LogP contribution in [0.3, 0.4) is 0 Å². The van der Waals surface area contributed by atoms with Gasteiger partial charge in [0.1, 0.15) is 11.9 Å². The predicted octanol–water partition coefficient (Wildman–Crippen LogP) is 3.50. The summed E-state index contributed by atoms with van der Waals surface area (Å²) in [6, 6.07) is 3.79. The van der Waals surface area contributed by atoms with E-state index in [0.29, 0.717) is 5.69 Å². The molecule has 1 aliphatic heterocycles. The first-order valence-corrected chi connectivity index (χ1v) is 12.7. The summed E-state index contributed by atoms with van der Waals surface area (Å²) in [7, 11) is 0. The van der Waals surface area contributed by atoms with E-state index in [1.807, 2.05) is 19.2 Å². The van der Waals surface area contributed by atoms with E-state index in [-0.39, 0.29) is 44.2 Å². The van der Waals surface area contributed by atoms with Crippen molar-refractivity contribution in [3.05, 3.63) is 59.8 Å². The zero-order valence-electron chi connectivity index (χ0n) is 20.9. The maximum Gasteiger partial charge on any atom is 0.248 e. The van der Waals surface area contributed by atoms with Gasteiger partial charge in [0.2, 0.25) is 17.7 Å². The van der Waals surface area contributed by atoms with Crippen molar-refractivity contribution in [3.63, 3.8) is 0 Å². The van der Waals surface area contributed by atoms with Crippen molar-refractivity contribution in [1.29, 1.82) is 0 Å². The third-order valence-corrected chi connectivity index (χ3v) is 7.41. The lowest BCUT2D eigenvalue weighted by Crippen LogP contribution is -2.52. The number of aromatic nitrogens is 2. The Balaban J connectivity index is 1.56. The van der Waals surface area contributed by atoms with E-state index in [9.17, 15) is 27.9 Å². The number of carbonyl (C=O) groups is 2. The first-order chi connectivity index (χ1) is 18.1. The van der Waals surface area contributed by atoms with E-state index >= 15 is 0 Å².